The fourth-order valence-electron chi connectivity index (χ4n) is 1.58. The minimum atomic E-state index is -0.526. The Morgan fingerprint density at radius 3 is 2.76 bits per heavy atom. The molecule has 1 aromatic carbocycles. The Morgan fingerprint density at radius 1 is 1.43 bits per heavy atom. The van der Waals surface area contributed by atoms with E-state index in [4.69, 9.17) is 35.4 Å². The summed E-state index contributed by atoms with van der Waals surface area (Å²) in [5.74, 6) is -0.858. The van der Waals surface area contributed by atoms with E-state index in [0.29, 0.717) is 19.3 Å². The summed E-state index contributed by atoms with van der Waals surface area (Å²) in [4.78, 5) is 25.1. The van der Waals surface area contributed by atoms with Crippen LogP contribution in [0.1, 0.15) is 5.56 Å². The monoisotopic (exact) mass is 361 g/mol. The second-order valence-corrected chi connectivity index (χ2v) is 6.51. The Kier molecular flexibility index (Phi) is 5.27. The maximum absolute atomic E-state index is 12.2. The van der Waals surface area contributed by atoms with Gasteiger partial charge in [0, 0.05) is 0 Å². The van der Waals surface area contributed by atoms with Crippen molar-refractivity contribution < 1.29 is 14.3 Å². The molecule has 0 unspecified atom stereocenters. The van der Waals surface area contributed by atoms with Crippen molar-refractivity contribution in [2.75, 3.05) is 13.7 Å². The molecule has 1 heterocycles. The molecule has 1 amide bonds. The maximum atomic E-state index is 12.2. The van der Waals surface area contributed by atoms with Crippen molar-refractivity contribution in [2.45, 2.75) is 0 Å². The molecule has 0 saturated carbocycles. The lowest BCUT2D eigenvalue weighted by Gasteiger charge is -2.11. The molecule has 0 N–H and O–H groups in total. The Balaban J connectivity index is 2.23. The number of rotatable bonds is 3. The highest BCUT2D eigenvalue weighted by Crippen LogP contribution is 2.33. The quantitative estimate of drug-likeness (QED) is 0.469. The first-order valence-electron chi connectivity index (χ1n) is 5.69. The molecule has 1 aliphatic heterocycles. The van der Waals surface area contributed by atoms with Crippen LogP contribution < -0.4 is 0 Å². The van der Waals surface area contributed by atoms with Crippen molar-refractivity contribution in [1.29, 1.82) is 0 Å². The van der Waals surface area contributed by atoms with Gasteiger partial charge in [0.2, 0.25) is 0 Å². The molecule has 1 saturated heterocycles. The van der Waals surface area contributed by atoms with Crippen molar-refractivity contribution in [3.05, 3.63) is 38.7 Å². The highest BCUT2D eigenvalue weighted by atomic mass is 35.5. The zero-order chi connectivity index (χ0) is 15.6. The van der Waals surface area contributed by atoms with E-state index in [1.807, 2.05) is 0 Å². The lowest BCUT2D eigenvalue weighted by atomic mass is 10.2. The molecule has 2 rings (SSSR count). The second kappa shape index (κ2) is 6.79. The number of methoxy groups -OCH3 is 1. The van der Waals surface area contributed by atoms with Crippen LogP contribution in [0.5, 0.6) is 0 Å². The van der Waals surface area contributed by atoms with Crippen LogP contribution in [-0.2, 0) is 14.3 Å². The van der Waals surface area contributed by atoms with Gasteiger partial charge in [-0.1, -0.05) is 53.2 Å². The molecule has 1 aliphatic rings. The van der Waals surface area contributed by atoms with Gasteiger partial charge in [-0.3, -0.25) is 14.5 Å². The number of thioether (sulfide) groups is 1. The number of halogens is 2. The fourth-order valence-corrected chi connectivity index (χ4v) is 3.15. The first kappa shape index (κ1) is 16.3. The molecule has 110 valence electrons. The average molecular weight is 362 g/mol. The van der Waals surface area contributed by atoms with Crippen LogP contribution in [0.3, 0.4) is 0 Å². The summed E-state index contributed by atoms with van der Waals surface area (Å²) in [5, 5.41) is 0.836. The number of carbonyl (C=O) groups is 2. The van der Waals surface area contributed by atoms with Crippen molar-refractivity contribution >= 4 is 69.5 Å². The van der Waals surface area contributed by atoms with Crippen LogP contribution in [0.15, 0.2) is 23.1 Å². The number of benzene rings is 1. The Labute approximate surface area is 141 Å². The van der Waals surface area contributed by atoms with Crippen LogP contribution >= 0.6 is 47.2 Å². The van der Waals surface area contributed by atoms with Gasteiger partial charge in [0.1, 0.15) is 10.9 Å². The van der Waals surface area contributed by atoms with Gasteiger partial charge in [-0.15, -0.1) is 0 Å². The molecule has 0 spiro atoms. The van der Waals surface area contributed by atoms with Crippen LogP contribution in [0.2, 0.25) is 10.0 Å². The molecule has 8 heteroatoms. The largest absolute Gasteiger partial charge is 0.468 e. The van der Waals surface area contributed by atoms with Gasteiger partial charge in [0.25, 0.3) is 5.91 Å². The molecule has 4 nitrogen and oxygen atoms in total. The highest BCUT2D eigenvalue weighted by Gasteiger charge is 2.33. The van der Waals surface area contributed by atoms with Gasteiger partial charge >= 0.3 is 5.97 Å². The number of ether oxygens (including phenoxy) is 1. The maximum Gasteiger partial charge on any atom is 0.325 e. The lowest BCUT2D eigenvalue weighted by molar-refractivity contribution is -0.143. The van der Waals surface area contributed by atoms with E-state index >= 15 is 0 Å². The topological polar surface area (TPSA) is 46.6 Å². The standard InChI is InChI=1S/C13H9Cl2NO3S2/c1-19-11(17)6-16-12(18)10(21-13(16)20)5-7-2-3-8(14)9(15)4-7/h2-5H,6H2,1H3. The summed E-state index contributed by atoms with van der Waals surface area (Å²) in [6.07, 6.45) is 1.65. The molecule has 1 fully saturated rings. The third-order valence-electron chi connectivity index (χ3n) is 2.63. The van der Waals surface area contributed by atoms with Crippen molar-refractivity contribution in [3.8, 4) is 0 Å². The number of carbonyl (C=O) groups excluding carboxylic acids is 2. The third-order valence-corrected chi connectivity index (χ3v) is 4.75. The van der Waals surface area contributed by atoms with E-state index in [2.05, 4.69) is 4.74 Å². The second-order valence-electron chi connectivity index (χ2n) is 4.02. The van der Waals surface area contributed by atoms with E-state index in [9.17, 15) is 9.59 Å². The minimum Gasteiger partial charge on any atom is -0.468 e. The predicted octanol–water partition coefficient (Wildman–Crippen LogP) is 3.37. The van der Waals surface area contributed by atoms with Crippen LogP contribution in [-0.4, -0.2) is 34.8 Å². The van der Waals surface area contributed by atoms with Gasteiger partial charge in [-0.25, -0.2) is 0 Å². The fraction of sp³-hybridized carbons (Fsp3) is 0.154. The van der Waals surface area contributed by atoms with Crippen LogP contribution in [0.4, 0.5) is 0 Å². The van der Waals surface area contributed by atoms with Crippen molar-refractivity contribution in [2.24, 2.45) is 0 Å². The highest BCUT2D eigenvalue weighted by molar-refractivity contribution is 8.26. The third kappa shape index (κ3) is 3.77. The zero-order valence-corrected chi connectivity index (χ0v) is 13.9. The predicted molar refractivity (Wildman–Crippen MR) is 88.4 cm³/mol. The summed E-state index contributed by atoms with van der Waals surface area (Å²) in [6, 6.07) is 5.03. The van der Waals surface area contributed by atoms with Gasteiger partial charge in [-0.05, 0) is 23.8 Å². The zero-order valence-electron chi connectivity index (χ0n) is 10.8. The summed E-state index contributed by atoms with van der Waals surface area (Å²) in [5.41, 5.74) is 0.725. The molecule has 0 aliphatic carbocycles. The molecular formula is C13H9Cl2NO3S2. The summed E-state index contributed by atoms with van der Waals surface area (Å²) >= 11 is 18.0. The molecule has 0 radical (unpaired) electrons. The Hall–Kier alpha value is -1.08. The summed E-state index contributed by atoms with van der Waals surface area (Å²) in [6.45, 7) is -0.195. The van der Waals surface area contributed by atoms with Gasteiger partial charge in [-0.2, -0.15) is 0 Å². The first-order chi connectivity index (χ1) is 9.92. The number of esters is 1. The van der Waals surface area contributed by atoms with Gasteiger partial charge in [0.05, 0.1) is 22.1 Å². The minimum absolute atomic E-state index is 0.195. The van der Waals surface area contributed by atoms with Crippen molar-refractivity contribution in [3.63, 3.8) is 0 Å². The number of thiocarbonyl (C=S) groups is 1. The van der Waals surface area contributed by atoms with Gasteiger partial charge in [0.15, 0.2) is 0 Å². The summed E-state index contributed by atoms with van der Waals surface area (Å²) < 4.78 is 4.85. The van der Waals surface area contributed by atoms with Crippen molar-refractivity contribution in [1.82, 2.24) is 4.90 Å². The lowest BCUT2D eigenvalue weighted by Crippen LogP contribution is -2.33. The first-order valence-corrected chi connectivity index (χ1v) is 7.67. The number of hydrogen-bond acceptors (Lipinski definition) is 5. The Bertz CT molecular complexity index is 661. The number of hydrogen-bond donors (Lipinski definition) is 0. The molecule has 21 heavy (non-hydrogen) atoms. The van der Waals surface area contributed by atoms with E-state index < -0.39 is 5.97 Å². The normalized spacial score (nSPS) is 16.7. The molecule has 0 aromatic heterocycles. The van der Waals surface area contributed by atoms with Crippen LogP contribution in [0.25, 0.3) is 6.08 Å². The smallest absolute Gasteiger partial charge is 0.325 e. The van der Waals surface area contributed by atoms with Crippen LogP contribution in [0, 0.1) is 0 Å². The molecular weight excluding hydrogens is 353 g/mol. The number of nitrogens with zero attached hydrogens (tertiary/aromatic N) is 1. The van der Waals surface area contributed by atoms with E-state index in [-0.39, 0.29) is 12.5 Å². The molecule has 0 bridgehead atoms. The SMILES string of the molecule is COC(=O)CN1C(=O)C(=Cc2ccc(Cl)c(Cl)c2)SC1=S. The molecule has 0 atom stereocenters. The molecule has 1 aromatic rings. The average Bonchev–Trinajstić information content (AvgIpc) is 2.70. The summed E-state index contributed by atoms with van der Waals surface area (Å²) in [7, 11) is 1.26. The van der Waals surface area contributed by atoms with E-state index in [0.717, 1.165) is 17.3 Å². The van der Waals surface area contributed by atoms with E-state index in [1.165, 1.54) is 12.0 Å². The van der Waals surface area contributed by atoms with E-state index in [1.54, 1.807) is 24.3 Å². The van der Waals surface area contributed by atoms with Gasteiger partial charge < -0.3 is 4.74 Å². The number of amides is 1. The Morgan fingerprint density at radius 2 is 2.14 bits per heavy atom.